The molecule has 0 aromatic carbocycles. The molecule has 4 N–H and O–H groups in total. The van der Waals surface area contributed by atoms with Gasteiger partial charge in [-0.2, -0.15) is 5.84 Å². The smallest absolute Gasteiger partial charge is 0.268 e. The summed E-state index contributed by atoms with van der Waals surface area (Å²) in [4.78, 5) is 17.1. The van der Waals surface area contributed by atoms with E-state index >= 15 is 0 Å². The summed E-state index contributed by atoms with van der Waals surface area (Å²) in [6.07, 6.45) is 0.982. The molecule has 6 heteroatoms. The highest BCUT2D eigenvalue weighted by Crippen LogP contribution is 1.73. The Bertz CT molecular complexity index is 243. The van der Waals surface area contributed by atoms with Gasteiger partial charge in [-0.1, -0.05) is 5.01 Å². The second-order valence-corrected chi connectivity index (χ2v) is 1.41. The van der Waals surface area contributed by atoms with Crippen LogP contribution in [0, 0.1) is 0 Å². The molecule has 1 aliphatic heterocycles. The van der Waals surface area contributed by atoms with E-state index in [1.54, 1.807) is 0 Å². The fraction of sp³-hybridized carbons (Fsp3) is 0. The lowest BCUT2D eigenvalue weighted by molar-refractivity contribution is -0.550. The van der Waals surface area contributed by atoms with Crippen molar-refractivity contribution in [3.05, 3.63) is 0 Å². The molecule has 1 amide bonds. The molecule has 1 heterocycles. The number of carbonyl (C=O) groups is 1. The molecule has 1 rings (SSSR count). The molecule has 0 aromatic rings. The Hall–Kier alpha value is -1.61. The lowest BCUT2D eigenvalue weighted by atomic mass is 10.6. The van der Waals surface area contributed by atoms with Crippen molar-refractivity contribution in [3.8, 4) is 0 Å². The van der Waals surface area contributed by atoms with E-state index in [2.05, 4.69) is 9.58 Å². The van der Waals surface area contributed by atoms with Crippen molar-refractivity contribution in [1.82, 2.24) is 5.01 Å². The van der Waals surface area contributed by atoms with Crippen LogP contribution in [0.3, 0.4) is 0 Å². The van der Waals surface area contributed by atoms with Crippen LogP contribution in [-0.4, -0.2) is 32.7 Å². The molecule has 0 saturated heterocycles. The number of guanidine groups is 1. The maximum Gasteiger partial charge on any atom is 0.550 e. The lowest BCUT2D eigenvalue weighted by Gasteiger charge is -1.94. The van der Waals surface area contributed by atoms with E-state index in [4.69, 9.17) is 11.6 Å². The van der Waals surface area contributed by atoms with E-state index in [0.717, 1.165) is 6.21 Å². The summed E-state index contributed by atoms with van der Waals surface area (Å²) in [6, 6.07) is 0. The second kappa shape index (κ2) is 1.72. The third kappa shape index (κ3) is 0.802. The number of rotatable bonds is 0. The Morgan fingerprint density at radius 1 is 1.67 bits per heavy atom. The van der Waals surface area contributed by atoms with Crippen LogP contribution in [0.15, 0.2) is 0 Å². The SMILES string of the molecule is NC1=[N+]=[N+]=CC(=O)N1N. The molecule has 0 aromatic heterocycles. The Morgan fingerprint density at radius 2 is 2.33 bits per heavy atom. The molecule has 0 bridgehead atoms. The van der Waals surface area contributed by atoms with Crippen LogP contribution in [0.4, 0.5) is 0 Å². The molecule has 46 valence electrons. The number of hydrazine groups is 1. The van der Waals surface area contributed by atoms with Crippen molar-refractivity contribution in [2.45, 2.75) is 0 Å². The summed E-state index contributed by atoms with van der Waals surface area (Å²) in [5.41, 5.74) is 5.08. The van der Waals surface area contributed by atoms with Crippen LogP contribution in [0.25, 0.3) is 0 Å². The molecular formula is C3H5N5O+2. The molecule has 0 atom stereocenters. The van der Waals surface area contributed by atoms with Gasteiger partial charge in [-0.15, -0.1) is 0 Å². The predicted octanol–water partition coefficient (Wildman–Crippen LogP) is -3.04. The van der Waals surface area contributed by atoms with E-state index < -0.39 is 5.91 Å². The van der Waals surface area contributed by atoms with E-state index in [1.807, 2.05) is 0 Å². The Morgan fingerprint density at radius 3 is 2.78 bits per heavy atom. The predicted molar refractivity (Wildman–Crippen MR) is 26.8 cm³/mol. The van der Waals surface area contributed by atoms with Gasteiger partial charge in [0.2, 0.25) is 4.79 Å². The van der Waals surface area contributed by atoms with Crippen molar-refractivity contribution >= 4 is 18.1 Å². The topological polar surface area (TPSA) is 101 Å². The summed E-state index contributed by atoms with van der Waals surface area (Å²) in [5, 5.41) is 0.715. The maximum atomic E-state index is 10.5. The highest BCUT2D eigenvalue weighted by atomic mass is 16.2. The molecule has 1 aliphatic rings. The number of hydrogen-bond acceptors (Lipinski definition) is 3. The number of hydrogen-bond donors (Lipinski definition) is 2. The zero-order chi connectivity index (χ0) is 6.85. The van der Waals surface area contributed by atoms with Crippen molar-refractivity contribution in [2.24, 2.45) is 11.6 Å². The minimum atomic E-state index is -0.470. The molecule has 6 nitrogen and oxygen atoms in total. The van der Waals surface area contributed by atoms with Crippen molar-refractivity contribution in [2.75, 3.05) is 0 Å². The third-order valence-corrected chi connectivity index (χ3v) is 0.813. The quantitative estimate of drug-likeness (QED) is 0.205. The summed E-state index contributed by atoms with van der Waals surface area (Å²) in [5.74, 6) is 4.49. The standard InChI is InChI=1S/C3H4N5O/c4-3-7-6-1-2(9)8(3)5/h1H,5H2,(H-,4,7,9)/q+1/p+1. The first-order chi connectivity index (χ1) is 4.22. The van der Waals surface area contributed by atoms with Gasteiger partial charge in [0.05, 0.1) is 0 Å². The summed E-state index contributed by atoms with van der Waals surface area (Å²) in [7, 11) is 0. The second-order valence-electron chi connectivity index (χ2n) is 1.41. The van der Waals surface area contributed by atoms with E-state index in [0.29, 0.717) is 5.01 Å². The van der Waals surface area contributed by atoms with Gasteiger partial charge < -0.3 is 0 Å². The number of nitrogens with zero attached hydrogens (tertiary/aromatic N) is 3. The zero-order valence-electron chi connectivity index (χ0n) is 4.48. The Kier molecular flexibility index (Phi) is 1.06. The van der Waals surface area contributed by atoms with E-state index in [1.165, 1.54) is 0 Å². The maximum absolute atomic E-state index is 10.5. The highest BCUT2D eigenvalue weighted by molar-refractivity contribution is 6.27. The van der Waals surface area contributed by atoms with Crippen LogP contribution in [0.2, 0.25) is 0 Å². The number of nitrogens with two attached hydrogens (primary N) is 2. The van der Waals surface area contributed by atoms with Gasteiger partial charge in [-0.05, 0) is 0 Å². The average molecular weight is 127 g/mol. The van der Waals surface area contributed by atoms with Crippen LogP contribution in [0.1, 0.15) is 0 Å². The lowest BCUT2D eigenvalue weighted by Crippen LogP contribution is -2.49. The fourth-order valence-corrected chi connectivity index (χ4v) is 0.361. The minimum Gasteiger partial charge on any atom is -0.268 e. The van der Waals surface area contributed by atoms with Crippen molar-refractivity contribution in [1.29, 1.82) is 0 Å². The molecule has 0 fully saturated rings. The van der Waals surface area contributed by atoms with Gasteiger partial charge in [0.1, 0.15) is 0 Å². The zero-order valence-corrected chi connectivity index (χ0v) is 4.48. The van der Waals surface area contributed by atoms with Crippen molar-refractivity contribution in [3.63, 3.8) is 0 Å². The number of amides is 1. The van der Waals surface area contributed by atoms with Crippen LogP contribution in [-0.2, 0) is 4.79 Å². The Balaban J connectivity index is 3.11. The normalized spacial score (nSPS) is 16.3. The largest absolute Gasteiger partial charge is 0.550 e. The molecule has 0 saturated carbocycles. The van der Waals surface area contributed by atoms with E-state index in [-0.39, 0.29) is 5.96 Å². The first-order valence-corrected chi connectivity index (χ1v) is 2.17. The molecule has 0 unspecified atom stereocenters. The minimum absolute atomic E-state index is 0.0949. The molecule has 0 aliphatic carbocycles. The van der Waals surface area contributed by atoms with Gasteiger partial charge in [0.15, 0.2) is 4.79 Å². The monoisotopic (exact) mass is 127 g/mol. The first kappa shape index (κ1) is 5.53. The number of carbonyl (C=O) groups excluding carboxylic acids is 1. The third-order valence-electron chi connectivity index (χ3n) is 0.813. The van der Waals surface area contributed by atoms with E-state index in [9.17, 15) is 4.79 Å². The molecule has 9 heavy (non-hydrogen) atoms. The first-order valence-electron chi connectivity index (χ1n) is 2.17. The summed E-state index contributed by atoms with van der Waals surface area (Å²) >= 11 is 0. The van der Waals surface area contributed by atoms with Crippen LogP contribution in [0.5, 0.6) is 0 Å². The van der Waals surface area contributed by atoms with Gasteiger partial charge >= 0.3 is 18.1 Å². The molecule has 0 spiro atoms. The van der Waals surface area contributed by atoms with Crippen molar-refractivity contribution < 1.29 is 14.4 Å². The summed E-state index contributed by atoms with van der Waals surface area (Å²) < 4.78 is 0. The molecular weight excluding hydrogens is 122 g/mol. The highest BCUT2D eigenvalue weighted by Gasteiger charge is 2.30. The van der Waals surface area contributed by atoms with Gasteiger partial charge in [-0.25, -0.2) is 4.79 Å². The van der Waals surface area contributed by atoms with Gasteiger partial charge in [-0.3, -0.25) is 5.73 Å². The Labute approximate surface area is 50.2 Å². The fourth-order valence-electron chi connectivity index (χ4n) is 0.361. The van der Waals surface area contributed by atoms with Gasteiger partial charge in [0.25, 0.3) is 0 Å². The van der Waals surface area contributed by atoms with Crippen LogP contribution >= 0.6 is 0 Å². The van der Waals surface area contributed by atoms with Crippen LogP contribution < -0.4 is 11.6 Å². The summed E-state index contributed by atoms with van der Waals surface area (Å²) in [6.45, 7) is 0. The molecule has 0 radical (unpaired) electrons. The average Bonchev–Trinajstić information content (AvgIpc) is 1.83. The van der Waals surface area contributed by atoms with Gasteiger partial charge in [0, 0.05) is 0 Å².